The summed E-state index contributed by atoms with van der Waals surface area (Å²) in [5.74, 6) is 0.255. The minimum Gasteiger partial charge on any atom is -0.408 e. The van der Waals surface area contributed by atoms with Gasteiger partial charge in [0, 0.05) is 23.7 Å². The van der Waals surface area contributed by atoms with Crippen LogP contribution in [0.4, 0.5) is 11.9 Å². The Labute approximate surface area is 399 Å². The van der Waals surface area contributed by atoms with Crippen molar-refractivity contribution >= 4 is 62.8 Å². The lowest BCUT2D eigenvalue weighted by Crippen LogP contribution is -2.25. The number of fused-ring (bicyclic) bond motifs is 2. The molecule has 6 N–H and O–H groups in total. The van der Waals surface area contributed by atoms with Crippen molar-refractivity contribution in [2.24, 2.45) is 23.7 Å². The number of imidazole rings is 2. The second-order valence-electron chi connectivity index (χ2n) is 16.7. The Kier molecular flexibility index (Phi) is 19.3. The fourth-order valence-electron chi connectivity index (χ4n) is 7.14. The predicted molar refractivity (Wildman–Crippen MR) is 257 cm³/mol. The van der Waals surface area contributed by atoms with E-state index in [4.69, 9.17) is 14.0 Å². The Morgan fingerprint density at radius 1 is 0.739 bits per heavy atom. The van der Waals surface area contributed by atoms with E-state index in [9.17, 15) is 38.5 Å². The summed E-state index contributed by atoms with van der Waals surface area (Å²) in [4.78, 5) is 69.9. The summed E-state index contributed by atoms with van der Waals surface area (Å²) in [6.07, 6.45) is 1.41. The second kappa shape index (κ2) is 24.8. The van der Waals surface area contributed by atoms with Crippen LogP contribution in [0.25, 0.3) is 22.3 Å². The van der Waals surface area contributed by atoms with Gasteiger partial charge in [0.2, 0.25) is 23.7 Å². The number of carbonyl (C=O) groups is 2. The highest BCUT2D eigenvalue weighted by Gasteiger charge is 2.43. The molecule has 1 unspecified atom stereocenters. The fraction of sp³-hybridized carbons (Fsp3) is 0.467. The molecule has 8 rings (SSSR count). The number of amides is 2. The zero-order valence-electron chi connectivity index (χ0n) is 39.7. The van der Waals surface area contributed by atoms with Gasteiger partial charge in [-0.3, -0.25) is 53.4 Å². The first-order valence-corrected chi connectivity index (χ1v) is 24.6. The number of anilines is 2. The molecular formula is C45H59N10O12P2+. The maximum atomic E-state index is 12.2. The van der Waals surface area contributed by atoms with Crippen molar-refractivity contribution in [1.82, 2.24) is 39.0 Å². The summed E-state index contributed by atoms with van der Waals surface area (Å²) in [6.45, 7) is 16.3. The first-order valence-electron chi connectivity index (χ1n) is 22.3. The Balaban J connectivity index is 0.000000188. The number of H-pyrrole nitrogens is 2. The van der Waals surface area contributed by atoms with E-state index < -0.39 is 43.8 Å². The van der Waals surface area contributed by atoms with Crippen LogP contribution >= 0.6 is 16.7 Å². The molecule has 2 saturated heterocycles. The summed E-state index contributed by atoms with van der Waals surface area (Å²) >= 11 is 0. The number of aromatic nitrogens is 8. The summed E-state index contributed by atoms with van der Waals surface area (Å²) < 4.78 is 44.9. The first kappa shape index (κ1) is 53.7. The average Bonchev–Trinajstić information content (AvgIpc) is 4.08. The van der Waals surface area contributed by atoms with Crippen molar-refractivity contribution in [2.75, 3.05) is 17.3 Å². The molecule has 0 spiro atoms. The molecule has 22 nitrogen and oxygen atoms in total. The Morgan fingerprint density at radius 2 is 1.13 bits per heavy atom. The largest absolute Gasteiger partial charge is 0.552 e. The minimum absolute atomic E-state index is 0.0467. The third-order valence-corrected chi connectivity index (χ3v) is 11.8. The van der Waals surface area contributed by atoms with Crippen LogP contribution in [0.15, 0.2) is 82.9 Å². The molecule has 0 saturated carbocycles. The number of aliphatic hydroxyl groups excluding tert-OH is 2. The Morgan fingerprint density at radius 3 is 1.46 bits per heavy atom. The lowest BCUT2D eigenvalue weighted by molar-refractivity contribution is -0.119. The van der Waals surface area contributed by atoms with Gasteiger partial charge >= 0.3 is 16.7 Å². The van der Waals surface area contributed by atoms with E-state index in [1.807, 2.05) is 64.1 Å². The standard InChI is InChI=1S/2C16H23N5O4.C7H8O2P.C6H5O2P/c2*1-5-9-8(4)11(22)15(25-9)21-6-17-10-12(21)18-16(20-14(10)24)19-13(23)7(2)3;1-10(8)9-7-5-3-2-4-6-7;7-9-8-6-4-2-1-3-5-6/h2*6-9,11,15,22H,5H2,1-4H3,(H2,18,19,20,23,24);2-6H,1H3;1-5H/q;;+1;/t2*8-,9-,11+,15-;;/m11../s1. The van der Waals surface area contributed by atoms with Gasteiger partial charge in [-0.15, -0.1) is 0 Å². The number of rotatable bonds is 12. The Bertz CT molecular complexity index is 2650. The summed E-state index contributed by atoms with van der Waals surface area (Å²) in [5, 5.41) is 26.1. The number of nitrogens with one attached hydrogen (secondary N) is 4. The van der Waals surface area contributed by atoms with E-state index in [1.165, 1.54) is 19.3 Å². The molecule has 0 radical (unpaired) electrons. The second-order valence-corrected chi connectivity index (χ2v) is 18.1. The summed E-state index contributed by atoms with van der Waals surface area (Å²) in [5.41, 5.74) is -0.144. The maximum absolute atomic E-state index is 12.2. The van der Waals surface area contributed by atoms with E-state index in [0.29, 0.717) is 11.5 Å². The quantitative estimate of drug-likeness (QED) is 0.0691. The van der Waals surface area contributed by atoms with Gasteiger partial charge in [-0.1, -0.05) is 91.8 Å². The Hall–Kier alpha value is -6.28. The van der Waals surface area contributed by atoms with Crippen LogP contribution in [0.1, 0.15) is 80.7 Å². The molecule has 9 atom stereocenters. The van der Waals surface area contributed by atoms with Gasteiger partial charge in [0.25, 0.3) is 11.1 Å². The molecular weight excluding hydrogens is 935 g/mol. The lowest BCUT2D eigenvalue weighted by atomic mass is 9.99. The van der Waals surface area contributed by atoms with Crippen LogP contribution in [0.2, 0.25) is 0 Å². The van der Waals surface area contributed by atoms with E-state index in [-0.39, 0.29) is 90.6 Å². The highest BCUT2D eigenvalue weighted by molar-refractivity contribution is 7.38. The van der Waals surface area contributed by atoms with Crippen molar-refractivity contribution in [3.8, 4) is 11.5 Å². The number of carbonyl (C=O) groups excluding carboxylic acids is 2. The van der Waals surface area contributed by atoms with Crippen LogP contribution in [0, 0.1) is 23.7 Å². The zero-order valence-corrected chi connectivity index (χ0v) is 41.5. The third kappa shape index (κ3) is 13.7. The lowest BCUT2D eigenvalue weighted by Gasteiger charge is -2.17. The van der Waals surface area contributed by atoms with Crippen LogP contribution in [-0.2, 0) is 28.2 Å². The summed E-state index contributed by atoms with van der Waals surface area (Å²) in [7, 11) is -1.83. The van der Waals surface area contributed by atoms with Crippen LogP contribution in [0.5, 0.6) is 11.5 Å². The number of aromatic amines is 2. The van der Waals surface area contributed by atoms with Gasteiger partial charge in [-0.25, -0.2) is 14.5 Å². The van der Waals surface area contributed by atoms with Gasteiger partial charge in [-0.05, 0) is 41.7 Å². The molecule has 6 aromatic rings. The first-order chi connectivity index (χ1) is 32.9. The number of hydrogen-bond acceptors (Lipinski definition) is 16. The molecule has 2 amide bonds. The fourth-order valence-corrected chi connectivity index (χ4v) is 7.77. The van der Waals surface area contributed by atoms with E-state index in [0.717, 1.165) is 12.8 Å². The third-order valence-electron chi connectivity index (χ3n) is 11.1. The van der Waals surface area contributed by atoms with Crippen molar-refractivity contribution < 1.29 is 47.5 Å². The van der Waals surface area contributed by atoms with Crippen molar-refractivity contribution in [3.05, 3.63) is 94.0 Å². The minimum atomic E-state index is -1.53. The normalized spacial score (nSPS) is 22.0. The highest BCUT2D eigenvalue weighted by Crippen LogP contribution is 2.37. The number of para-hydroxylation sites is 2. The van der Waals surface area contributed by atoms with Crippen molar-refractivity contribution in [2.45, 2.75) is 105 Å². The monoisotopic (exact) mass is 993 g/mol. The molecule has 2 fully saturated rings. The van der Waals surface area contributed by atoms with Crippen LogP contribution < -0.4 is 30.8 Å². The van der Waals surface area contributed by atoms with Crippen molar-refractivity contribution in [1.29, 1.82) is 0 Å². The SMILES string of the molecule is CC[C@H]1O[C@@H](n2cnc3c(=O)[nH]c(NC(=O)C(C)C)nc32)[C@@H](O)[C@@H]1C.CC[C@H]1O[C@@H](n2cnc3c(=O)[nH]c(NC(=O)C(C)C)nc32)[C@@H](O)[C@@H]1C.C[P+](=O)Oc1ccccc1.O=POc1ccccc1. The highest BCUT2D eigenvalue weighted by atomic mass is 31.1. The summed E-state index contributed by atoms with van der Waals surface area (Å²) in [6, 6.07) is 18.1. The zero-order chi connectivity index (χ0) is 50.5. The van der Waals surface area contributed by atoms with E-state index in [2.05, 4.69) is 45.1 Å². The number of benzene rings is 2. The smallest absolute Gasteiger partial charge is 0.408 e. The molecule has 2 aliphatic rings. The van der Waals surface area contributed by atoms with Crippen LogP contribution in [0.3, 0.4) is 0 Å². The molecule has 4 aromatic heterocycles. The molecule has 2 aromatic carbocycles. The van der Waals surface area contributed by atoms with Gasteiger partial charge in [0.15, 0.2) is 47.2 Å². The van der Waals surface area contributed by atoms with Gasteiger partial charge < -0.3 is 24.2 Å². The number of nitrogens with zero attached hydrogens (tertiary/aromatic N) is 6. The van der Waals surface area contributed by atoms with E-state index in [1.54, 1.807) is 61.1 Å². The number of aliphatic hydroxyl groups is 2. The van der Waals surface area contributed by atoms with E-state index >= 15 is 0 Å². The number of hydrogen-bond donors (Lipinski definition) is 6. The van der Waals surface area contributed by atoms with Gasteiger partial charge in [0.1, 0.15) is 18.0 Å². The number of ether oxygens (including phenoxy) is 2. The molecule has 0 aliphatic carbocycles. The van der Waals surface area contributed by atoms with Gasteiger partial charge in [-0.2, -0.15) is 9.97 Å². The molecule has 370 valence electrons. The molecule has 6 heterocycles. The topological polar surface area (TPSA) is 297 Å². The van der Waals surface area contributed by atoms with Crippen molar-refractivity contribution in [3.63, 3.8) is 0 Å². The average molecular weight is 994 g/mol. The molecule has 0 bridgehead atoms. The molecule has 24 heteroatoms. The predicted octanol–water partition coefficient (Wildman–Crippen LogP) is 6.75. The van der Waals surface area contributed by atoms with Crippen LogP contribution in [-0.4, -0.2) is 92.1 Å². The molecule has 2 aliphatic heterocycles. The maximum Gasteiger partial charge on any atom is 0.552 e. The molecule has 69 heavy (non-hydrogen) atoms. The van der Waals surface area contributed by atoms with Gasteiger partial charge in [0.05, 0.1) is 24.9 Å².